The Kier molecular flexibility index (Phi) is 3.33. The maximum absolute atomic E-state index is 4.58. The normalized spacial score (nSPS) is 10.9. The molecule has 2 N–H and O–H groups in total. The Hall–Kier alpha value is -2.43. The van der Waals surface area contributed by atoms with Crippen molar-refractivity contribution in [2.24, 2.45) is 0 Å². The second kappa shape index (κ2) is 5.28. The summed E-state index contributed by atoms with van der Waals surface area (Å²) in [5, 5.41) is 10.9. The fourth-order valence-corrected chi connectivity index (χ4v) is 2.33. The molecule has 0 saturated carbocycles. The van der Waals surface area contributed by atoms with Crippen LogP contribution >= 0.6 is 0 Å². The lowest BCUT2D eigenvalue weighted by molar-refractivity contribution is 0.922. The number of nitrogens with zero attached hydrogens (tertiary/aromatic N) is 3. The van der Waals surface area contributed by atoms with Gasteiger partial charge in [-0.2, -0.15) is 10.1 Å². The van der Waals surface area contributed by atoms with Crippen molar-refractivity contribution in [2.45, 2.75) is 19.8 Å². The van der Waals surface area contributed by atoms with E-state index in [0.29, 0.717) is 5.95 Å². The lowest BCUT2D eigenvalue weighted by Gasteiger charge is -2.07. The van der Waals surface area contributed by atoms with Crippen LogP contribution in [0.2, 0.25) is 0 Å². The van der Waals surface area contributed by atoms with Gasteiger partial charge in [0.05, 0.1) is 17.3 Å². The van der Waals surface area contributed by atoms with Crippen molar-refractivity contribution < 1.29 is 0 Å². The molecule has 102 valence electrons. The average molecular weight is 267 g/mol. The van der Waals surface area contributed by atoms with Crippen LogP contribution in [-0.2, 0) is 6.42 Å². The van der Waals surface area contributed by atoms with Crippen LogP contribution in [0.15, 0.2) is 30.5 Å². The zero-order valence-corrected chi connectivity index (χ0v) is 11.6. The summed E-state index contributed by atoms with van der Waals surface area (Å²) < 4.78 is 0. The molecular formula is C15H17N5. The zero-order chi connectivity index (χ0) is 13.9. The number of hydrogen-bond acceptors (Lipinski definition) is 4. The molecule has 0 amide bonds. The van der Waals surface area contributed by atoms with Gasteiger partial charge in [-0.25, -0.2) is 4.98 Å². The highest BCUT2D eigenvalue weighted by atomic mass is 15.2. The molecule has 0 aliphatic heterocycles. The Morgan fingerprint density at radius 2 is 2.15 bits per heavy atom. The first-order valence-electron chi connectivity index (χ1n) is 6.80. The number of aromatic amines is 1. The standard InChI is InChI=1S/C15H17N5/c1-3-5-10-6-4-7-11(8-10)13-12-9-17-20-14(12)19-15(16-2)18-13/h4,6-9H,3,5H2,1-2H3,(H2,16,17,18,19,20). The Bertz CT molecular complexity index is 732. The van der Waals surface area contributed by atoms with Crippen LogP contribution in [0.1, 0.15) is 18.9 Å². The lowest BCUT2D eigenvalue weighted by atomic mass is 10.0. The van der Waals surface area contributed by atoms with Gasteiger partial charge in [0, 0.05) is 12.6 Å². The highest BCUT2D eigenvalue weighted by molar-refractivity contribution is 5.90. The van der Waals surface area contributed by atoms with Gasteiger partial charge in [0.2, 0.25) is 5.95 Å². The maximum Gasteiger partial charge on any atom is 0.225 e. The molecule has 2 aromatic heterocycles. The number of fused-ring (bicyclic) bond motifs is 1. The van der Waals surface area contributed by atoms with E-state index in [1.807, 2.05) is 7.05 Å². The van der Waals surface area contributed by atoms with Crippen molar-refractivity contribution in [3.05, 3.63) is 36.0 Å². The summed E-state index contributed by atoms with van der Waals surface area (Å²) in [4.78, 5) is 8.94. The third-order valence-electron chi connectivity index (χ3n) is 3.27. The average Bonchev–Trinajstić information content (AvgIpc) is 2.95. The van der Waals surface area contributed by atoms with E-state index in [4.69, 9.17) is 0 Å². The molecule has 20 heavy (non-hydrogen) atoms. The smallest absolute Gasteiger partial charge is 0.225 e. The molecule has 0 aliphatic carbocycles. The minimum absolute atomic E-state index is 0.595. The van der Waals surface area contributed by atoms with Crippen LogP contribution < -0.4 is 5.32 Å². The topological polar surface area (TPSA) is 66.5 Å². The van der Waals surface area contributed by atoms with E-state index in [2.05, 4.69) is 56.7 Å². The second-order valence-electron chi connectivity index (χ2n) is 4.73. The molecule has 0 aliphatic rings. The number of hydrogen-bond donors (Lipinski definition) is 2. The number of H-pyrrole nitrogens is 1. The van der Waals surface area contributed by atoms with E-state index in [0.717, 1.165) is 35.1 Å². The van der Waals surface area contributed by atoms with Gasteiger partial charge in [0.1, 0.15) is 0 Å². The molecule has 5 nitrogen and oxygen atoms in total. The highest BCUT2D eigenvalue weighted by Gasteiger charge is 2.11. The number of aryl methyl sites for hydroxylation is 1. The SMILES string of the molecule is CCCc1cccc(-c2nc(NC)nc3[nH]ncc23)c1. The van der Waals surface area contributed by atoms with Gasteiger partial charge >= 0.3 is 0 Å². The van der Waals surface area contributed by atoms with Crippen LogP contribution in [0.25, 0.3) is 22.3 Å². The molecule has 0 atom stereocenters. The van der Waals surface area contributed by atoms with E-state index in [1.165, 1.54) is 5.56 Å². The quantitative estimate of drug-likeness (QED) is 0.762. The zero-order valence-electron chi connectivity index (χ0n) is 11.6. The van der Waals surface area contributed by atoms with E-state index in [-0.39, 0.29) is 0 Å². The molecule has 0 unspecified atom stereocenters. The molecule has 0 saturated heterocycles. The molecule has 1 aromatic carbocycles. The monoisotopic (exact) mass is 267 g/mol. The van der Waals surface area contributed by atoms with Gasteiger partial charge in [0.25, 0.3) is 0 Å². The molecule has 0 radical (unpaired) electrons. The van der Waals surface area contributed by atoms with E-state index in [1.54, 1.807) is 6.20 Å². The fourth-order valence-electron chi connectivity index (χ4n) is 2.33. The Morgan fingerprint density at radius 1 is 1.25 bits per heavy atom. The van der Waals surface area contributed by atoms with Crippen LogP contribution in [0.3, 0.4) is 0 Å². The molecule has 0 spiro atoms. The Labute approximate surface area is 117 Å². The van der Waals surface area contributed by atoms with Crippen molar-refractivity contribution in [1.29, 1.82) is 0 Å². The number of anilines is 1. The van der Waals surface area contributed by atoms with Gasteiger partial charge in [-0.15, -0.1) is 0 Å². The van der Waals surface area contributed by atoms with Crippen LogP contribution in [-0.4, -0.2) is 27.2 Å². The summed E-state index contributed by atoms with van der Waals surface area (Å²) in [6, 6.07) is 8.50. The summed E-state index contributed by atoms with van der Waals surface area (Å²) in [5.41, 5.74) is 4.08. The minimum Gasteiger partial charge on any atom is -0.357 e. The van der Waals surface area contributed by atoms with E-state index in [9.17, 15) is 0 Å². The van der Waals surface area contributed by atoms with Gasteiger partial charge in [-0.05, 0) is 18.1 Å². The molecule has 0 bridgehead atoms. The summed E-state index contributed by atoms with van der Waals surface area (Å²) in [6.45, 7) is 2.19. The summed E-state index contributed by atoms with van der Waals surface area (Å²) in [6.07, 6.45) is 3.99. The molecule has 3 rings (SSSR count). The predicted octanol–water partition coefficient (Wildman–Crippen LogP) is 3.01. The predicted molar refractivity (Wildman–Crippen MR) is 80.7 cm³/mol. The highest BCUT2D eigenvalue weighted by Crippen LogP contribution is 2.26. The lowest BCUT2D eigenvalue weighted by Crippen LogP contribution is -1.98. The number of benzene rings is 1. The molecule has 3 aromatic rings. The van der Waals surface area contributed by atoms with Crippen LogP contribution in [0, 0.1) is 0 Å². The van der Waals surface area contributed by atoms with Crippen molar-refractivity contribution in [1.82, 2.24) is 20.2 Å². The summed E-state index contributed by atoms with van der Waals surface area (Å²) >= 11 is 0. The third-order valence-corrected chi connectivity index (χ3v) is 3.27. The van der Waals surface area contributed by atoms with Gasteiger partial charge in [-0.3, -0.25) is 5.10 Å². The van der Waals surface area contributed by atoms with Crippen molar-refractivity contribution in [2.75, 3.05) is 12.4 Å². The van der Waals surface area contributed by atoms with Crippen molar-refractivity contribution in [3.63, 3.8) is 0 Å². The summed E-state index contributed by atoms with van der Waals surface area (Å²) in [5.74, 6) is 0.595. The Morgan fingerprint density at radius 3 is 2.95 bits per heavy atom. The minimum atomic E-state index is 0.595. The van der Waals surface area contributed by atoms with Crippen LogP contribution in [0.5, 0.6) is 0 Å². The van der Waals surface area contributed by atoms with Crippen LogP contribution in [0.4, 0.5) is 5.95 Å². The van der Waals surface area contributed by atoms with E-state index >= 15 is 0 Å². The number of rotatable bonds is 4. The number of nitrogens with one attached hydrogen (secondary N) is 2. The van der Waals surface area contributed by atoms with E-state index < -0.39 is 0 Å². The van der Waals surface area contributed by atoms with Crippen molar-refractivity contribution in [3.8, 4) is 11.3 Å². The maximum atomic E-state index is 4.58. The first kappa shape index (κ1) is 12.6. The van der Waals surface area contributed by atoms with Gasteiger partial charge in [0.15, 0.2) is 5.65 Å². The number of aromatic nitrogens is 4. The first-order valence-corrected chi connectivity index (χ1v) is 6.80. The molecule has 0 fully saturated rings. The van der Waals surface area contributed by atoms with Gasteiger partial charge in [-0.1, -0.05) is 31.5 Å². The molecule has 5 heteroatoms. The second-order valence-corrected chi connectivity index (χ2v) is 4.73. The molecule has 2 heterocycles. The fraction of sp³-hybridized carbons (Fsp3) is 0.267. The first-order chi connectivity index (χ1) is 9.81. The van der Waals surface area contributed by atoms with Gasteiger partial charge < -0.3 is 5.32 Å². The van der Waals surface area contributed by atoms with Crippen molar-refractivity contribution >= 4 is 17.0 Å². The largest absolute Gasteiger partial charge is 0.357 e. The Balaban J connectivity index is 2.17. The third kappa shape index (κ3) is 2.22. The molecular weight excluding hydrogens is 250 g/mol. The summed E-state index contributed by atoms with van der Waals surface area (Å²) in [7, 11) is 1.81.